The van der Waals surface area contributed by atoms with Crippen molar-refractivity contribution < 1.29 is 9.53 Å². The normalized spacial score (nSPS) is 11.9. The average molecular weight is 445 g/mol. The molecule has 0 radical (unpaired) electrons. The minimum absolute atomic E-state index is 0.0881. The molecule has 0 aliphatic carbocycles. The van der Waals surface area contributed by atoms with E-state index in [1.165, 1.54) is 11.8 Å². The SMILES string of the molecule is CCn1c(SCC(=O)Nc2ccccc2)nnc1C(C)Oc1cc(C)c(Cl)c(C)c1. The molecular weight excluding hydrogens is 420 g/mol. The maximum absolute atomic E-state index is 12.2. The van der Waals surface area contributed by atoms with E-state index in [9.17, 15) is 4.79 Å². The first-order chi connectivity index (χ1) is 14.4. The molecule has 158 valence electrons. The van der Waals surface area contributed by atoms with Crippen LogP contribution in [0.3, 0.4) is 0 Å². The molecule has 0 saturated carbocycles. The molecule has 6 nitrogen and oxygen atoms in total. The molecule has 1 atom stereocenters. The highest BCUT2D eigenvalue weighted by atomic mass is 35.5. The van der Waals surface area contributed by atoms with Gasteiger partial charge in [0.2, 0.25) is 5.91 Å². The molecule has 30 heavy (non-hydrogen) atoms. The second-order valence-corrected chi connectivity index (χ2v) is 8.24. The zero-order valence-electron chi connectivity index (χ0n) is 17.5. The molecule has 1 aromatic heterocycles. The van der Waals surface area contributed by atoms with Gasteiger partial charge in [-0.1, -0.05) is 41.6 Å². The highest BCUT2D eigenvalue weighted by Gasteiger charge is 2.20. The number of hydrogen-bond donors (Lipinski definition) is 1. The van der Waals surface area contributed by atoms with Gasteiger partial charge in [0.1, 0.15) is 5.75 Å². The number of hydrogen-bond acceptors (Lipinski definition) is 5. The molecule has 1 amide bonds. The van der Waals surface area contributed by atoms with Crippen molar-refractivity contribution in [1.82, 2.24) is 14.8 Å². The van der Waals surface area contributed by atoms with Crippen molar-refractivity contribution >= 4 is 35.0 Å². The first-order valence-corrected chi connectivity index (χ1v) is 11.1. The molecule has 1 N–H and O–H groups in total. The van der Waals surface area contributed by atoms with E-state index in [1.54, 1.807) is 0 Å². The first-order valence-electron chi connectivity index (χ1n) is 9.73. The maximum atomic E-state index is 12.2. The molecule has 0 bridgehead atoms. The number of amides is 1. The molecule has 8 heteroatoms. The number of nitrogens with zero attached hydrogens (tertiary/aromatic N) is 3. The second kappa shape index (κ2) is 10.00. The number of para-hydroxylation sites is 1. The van der Waals surface area contributed by atoms with Crippen LogP contribution < -0.4 is 10.1 Å². The third-order valence-electron chi connectivity index (χ3n) is 4.54. The van der Waals surface area contributed by atoms with Crippen LogP contribution in [0, 0.1) is 13.8 Å². The van der Waals surface area contributed by atoms with Crippen LogP contribution in [0.1, 0.15) is 36.9 Å². The van der Waals surface area contributed by atoms with Gasteiger partial charge in [0.05, 0.1) is 5.75 Å². The summed E-state index contributed by atoms with van der Waals surface area (Å²) in [6.07, 6.45) is -0.301. The van der Waals surface area contributed by atoms with Crippen LogP contribution in [0.4, 0.5) is 5.69 Å². The van der Waals surface area contributed by atoms with E-state index in [0.29, 0.717) is 17.5 Å². The van der Waals surface area contributed by atoms with Crippen molar-refractivity contribution in [2.45, 2.75) is 45.5 Å². The number of ether oxygens (including phenoxy) is 1. The third kappa shape index (κ3) is 5.34. The molecule has 0 aliphatic heterocycles. The van der Waals surface area contributed by atoms with Crippen molar-refractivity contribution in [3.63, 3.8) is 0 Å². The molecule has 2 aromatic carbocycles. The molecule has 0 fully saturated rings. The van der Waals surface area contributed by atoms with Gasteiger partial charge < -0.3 is 14.6 Å². The average Bonchev–Trinajstić information content (AvgIpc) is 3.14. The molecule has 0 aliphatic rings. The number of nitrogens with one attached hydrogen (secondary N) is 1. The number of aromatic nitrogens is 3. The molecule has 0 spiro atoms. The minimum atomic E-state index is -0.301. The lowest BCUT2D eigenvalue weighted by molar-refractivity contribution is -0.113. The van der Waals surface area contributed by atoms with Crippen LogP contribution in [0.25, 0.3) is 0 Å². The van der Waals surface area contributed by atoms with E-state index >= 15 is 0 Å². The van der Waals surface area contributed by atoms with E-state index in [4.69, 9.17) is 16.3 Å². The van der Waals surface area contributed by atoms with Gasteiger partial charge in [0.25, 0.3) is 0 Å². The quantitative estimate of drug-likeness (QED) is 0.468. The zero-order chi connectivity index (χ0) is 21.7. The Morgan fingerprint density at radius 1 is 1.20 bits per heavy atom. The Hall–Kier alpha value is -2.51. The van der Waals surface area contributed by atoms with Crippen LogP contribution in [0.15, 0.2) is 47.6 Å². The van der Waals surface area contributed by atoms with Gasteiger partial charge >= 0.3 is 0 Å². The number of anilines is 1. The molecule has 1 heterocycles. The van der Waals surface area contributed by atoms with Crippen LogP contribution in [0.5, 0.6) is 5.75 Å². The van der Waals surface area contributed by atoms with Crippen molar-refractivity contribution in [3.05, 3.63) is 64.4 Å². The minimum Gasteiger partial charge on any atom is -0.483 e. The van der Waals surface area contributed by atoms with Crippen LogP contribution in [0.2, 0.25) is 5.02 Å². The summed E-state index contributed by atoms with van der Waals surface area (Å²) in [6.45, 7) is 8.54. The fraction of sp³-hybridized carbons (Fsp3) is 0.318. The Labute approximate surface area is 186 Å². The van der Waals surface area contributed by atoms with Crippen LogP contribution in [-0.4, -0.2) is 26.4 Å². The number of halogens is 1. The Bertz CT molecular complexity index is 1000. The molecule has 3 rings (SSSR count). The summed E-state index contributed by atoms with van der Waals surface area (Å²) >= 11 is 7.60. The topological polar surface area (TPSA) is 69.0 Å². The number of rotatable bonds is 8. The highest BCUT2D eigenvalue weighted by molar-refractivity contribution is 7.99. The number of carbonyl (C=O) groups is 1. The number of thioether (sulfide) groups is 1. The van der Waals surface area contributed by atoms with Gasteiger partial charge in [-0.25, -0.2) is 0 Å². The largest absolute Gasteiger partial charge is 0.483 e. The monoisotopic (exact) mass is 444 g/mol. The van der Waals surface area contributed by atoms with Crippen molar-refractivity contribution in [2.75, 3.05) is 11.1 Å². The van der Waals surface area contributed by atoms with Crippen molar-refractivity contribution in [2.24, 2.45) is 0 Å². The summed E-state index contributed by atoms with van der Waals surface area (Å²) in [6, 6.07) is 13.2. The van der Waals surface area contributed by atoms with E-state index in [-0.39, 0.29) is 17.8 Å². The Morgan fingerprint density at radius 3 is 2.50 bits per heavy atom. The Morgan fingerprint density at radius 2 is 1.87 bits per heavy atom. The Balaban J connectivity index is 1.66. The van der Waals surface area contributed by atoms with Crippen molar-refractivity contribution in [1.29, 1.82) is 0 Å². The number of benzene rings is 2. The van der Waals surface area contributed by atoms with Gasteiger partial charge in [-0.15, -0.1) is 10.2 Å². The summed E-state index contributed by atoms with van der Waals surface area (Å²) in [4.78, 5) is 12.2. The lowest BCUT2D eigenvalue weighted by Gasteiger charge is -2.17. The molecular formula is C22H25ClN4O2S. The summed E-state index contributed by atoms with van der Waals surface area (Å²) < 4.78 is 8.08. The van der Waals surface area contributed by atoms with E-state index in [1.807, 2.05) is 74.7 Å². The maximum Gasteiger partial charge on any atom is 0.234 e. The molecule has 1 unspecified atom stereocenters. The Kier molecular flexibility index (Phi) is 7.39. The fourth-order valence-electron chi connectivity index (χ4n) is 3.08. The third-order valence-corrected chi connectivity index (χ3v) is 6.10. The summed E-state index contributed by atoms with van der Waals surface area (Å²) in [5, 5.41) is 12.9. The number of aryl methyl sites for hydroxylation is 2. The predicted molar refractivity (Wildman–Crippen MR) is 121 cm³/mol. The van der Waals surface area contributed by atoms with E-state index in [2.05, 4.69) is 15.5 Å². The van der Waals surface area contributed by atoms with E-state index < -0.39 is 0 Å². The lowest BCUT2D eigenvalue weighted by Crippen LogP contribution is -2.15. The van der Waals surface area contributed by atoms with Crippen LogP contribution >= 0.6 is 23.4 Å². The zero-order valence-corrected chi connectivity index (χ0v) is 19.0. The smallest absolute Gasteiger partial charge is 0.234 e. The lowest BCUT2D eigenvalue weighted by atomic mass is 10.1. The second-order valence-electron chi connectivity index (χ2n) is 6.92. The fourth-order valence-corrected chi connectivity index (χ4v) is 4.00. The summed E-state index contributed by atoms with van der Waals surface area (Å²) in [5.74, 6) is 1.62. The van der Waals surface area contributed by atoms with Gasteiger partial charge in [0.15, 0.2) is 17.1 Å². The van der Waals surface area contributed by atoms with Gasteiger partial charge in [0, 0.05) is 17.3 Å². The highest BCUT2D eigenvalue weighted by Crippen LogP contribution is 2.29. The van der Waals surface area contributed by atoms with Crippen molar-refractivity contribution in [3.8, 4) is 5.75 Å². The van der Waals surface area contributed by atoms with Gasteiger partial charge in [-0.3, -0.25) is 4.79 Å². The first kappa shape index (κ1) is 22.2. The van der Waals surface area contributed by atoms with E-state index in [0.717, 1.165) is 27.6 Å². The number of carbonyl (C=O) groups excluding carboxylic acids is 1. The van der Waals surface area contributed by atoms with Crippen LogP contribution in [-0.2, 0) is 11.3 Å². The van der Waals surface area contributed by atoms with Gasteiger partial charge in [-0.2, -0.15) is 0 Å². The summed E-state index contributed by atoms with van der Waals surface area (Å²) in [7, 11) is 0. The predicted octanol–water partition coefficient (Wildman–Crippen LogP) is 5.44. The molecule has 3 aromatic rings. The van der Waals surface area contributed by atoms with Gasteiger partial charge in [-0.05, 0) is 63.1 Å². The standard InChI is InChI=1S/C22H25ClN4O2S/c1-5-27-21(16(4)29-18-11-14(2)20(23)15(3)12-18)25-26-22(27)30-13-19(28)24-17-9-7-6-8-10-17/h6-12,16H,5,13H2,1-4H3,(H,24,28). The summed E-state index contributed by atoms with van der Waals surface area (Å²) in [5.41, 5.74) is 2.71. The molecule has 0 saturated heterocycles.